The minimum atomic E-state index is 0.0381. The predicted octanol–water partition coefficient (Wildman–Crippen LogP) is 1.26. The molecule has 0 aromatic carbocycles. The van der Waals surface area contributed by atoms with Gasteiger partial charge in [-0.2, -0.15) is 0 Å². The highest BCUT2D eigenvalue weighted by Gasteiger charge is 2.06. The van der Waals surface area contributed by atoms with Crippen LogP contribution in [0.3, 0.4) is 0 Å². The molecule has 0 radical (unpaired) electrons. The smallest absolute Gasteiger partial charge is 0.133 e. The van der Waals surface area contributed by atoms with Crippen LogP contribution in [0.15, 0.2) is 18.3 Å². The first-order valence-electron chi connectivity index (χ1n) is 3.32. The van der Waals surface area contributed by atoms with Gasteiger partial charge in [0.2, 0.25) is 0 Å². The first-order valence-corrected chi connectivity index (χ1v) is 3.70. The molecule has 1 aromatic heterocycles. The number of nitrogens with one attached hydrogen (secondary N) is 1. The minimum absolute atomic E-state index is 0.0381. The SMILES string of the molecule is CC(NN)c1cccnc1Cl. The molecule has 11 heavy (non-hydrogen) atoms. The van der Waals surface area contributed by atoms with Gasteiger partial charge in [-0.05, 0) is 13.0 Å². The van der Waals surface area contributed by atoms with E-state index in [-0.39, 0.29) is 6.04 Å². The van der Waals surface area contributed by atoms with Gasteiger partial charge in [0.15, 0.2) is 0 Å². The average molecular weight is 172 g/mol. The van der Waals surface area contributed by atoms with E-state index >= 15 is 0 Å². The Bertz CT molecular complexity index is 239. The fraction of sp³-hybridized carbons (Fsp3) is 0.286. The second kappa shape index (κ2) is 3.67. The van der Waals surface area contributed by atoms with Crippen molar-refractivity contribution in [3.8, 4) is 0 Å². The monoisotopic (exact) mass is 171 g/mol. The van der Waals surface area contributed by atoms with Crippen LogP contribution in [0, 0.1) is 0 Å². The Kier molecular flexibility index (Phi) is 2.82. The molecule has 0 bridgehead atoms. The van der Waals surface area contributed by atoms with Crippen molar-refractivity contribution in [2.24, 2.45) is 5.84 Å². The summed E-state index contributed by atoms with van der Waals surface area (Å²) >= 11 is 5.79. The van der Waals surface area contributed by atoms with E-state index < -0.39 is 0 Å². The molecule has 0 amide bonds. The number of pyridine rings is 1. The molecular weight excluding hydrogens is 162 g/mol. The topological polar surface area (TPSA) is 50.9 Å². The standard InChI is InChI=1S/C7H10ClN3/c1-5(11-9)6-3-2-4-10-7(6)8/h2-5,11H,9H2,1H3. The van der Waals surface area contributed by atoms with Crippen LogP contribution in [0.5, 0.6) is 0 Å². The van der Waals surface area contributed by atoms with Crippen molar-refractivity contribution in [1.82, 2.24) is 10.4 Å². The summed E-state index contributed by atoms with van der Waals surface area (Å²) < 4.78 is 0. The van der Waals surface area contributed by atoms with E-state index in [1.807, 2.05) is 19.1 Å². The number of aromatic nitrogens is 1. The second-order valence-electron chi connectivity index (χ2n) is 2.27. The van der Waals surface area contributed by atoms with Gasteiger partial charge in [-0.1, -0.05) is 17.7 Å². The Hall–Kier alpha value is -0.640. The number of rotatable bonds is 2. The maximum absolute atomic E-state index is 5.79. The summed E-state index contributed by atoms with van der Waals surface area (Å²) in [5, 5.41) is 0.498. The Morgan fingerprint density at radius 2 is 2.45 bits per heavy atom. The molecule has 0 fully saturated rings. The molecule has 0 saturated heterocycles. The van der Waals surface area contributed by atoms with Gasteiger partial charge in [0.25, 0.3) is 0 Å². The Morgan fingerprint density at radius 3 is 3.00 bits per heavy atom. The molecule has 0 aliphatic carbocycles. The van der Waals surface area contributed by atoms with E-state index in [0.29, 0.717) is 5.15 Å². The third-order valence-electron chi connectivity index (χ3n) is 1.50. The Labute approximate surface area is 70.5 Å². The quantitative estimate of drug-likeness (QED) is 0.400. The zero-order valence-electron chi connectivity index (χ0n) is 6.21. The molecular formula is C7H10ClN3. The van der Waals surface area contributed by atoms with Gasteiger partial charge in [-0.3, -0.25) is 11.3 Å². The maximum atomic E-state index is 5.79. The van der Waals surface area contributed by atoms with Gasteiger partial charge >= 0.3 is 0 Å². The van der Waals surface area contributed by atoms with Gasteiger partial charge in [-0.25, -0.2) is 4.98 Å². The fourth-order valence-electron chi connectivity index (χ4n) is 0.811. The average Bonchev–Trinajstić information content (AvgIpc) is 2.04. The summed E-state index contributed by atoms with van der Waals surface area (Å²) in [7, 11) is 0. The van der Waals surface area contributed by atoms with Crippen LogP contribution in [0.4, 0.5) is 0 Å². The van der Waals surface area contributed by atoms with Crippen molar-refractivity contribution in [2.75, 3.05) is 0 Å². The summed E-state index contributed by atoms with van der Waals surface area (Å²) in [5.74, 6) is 5.24. The molecule has 0 saturated carbocycles. The largest absolute Gasteiger partial charge is 0.271 e. The van der Waals surface area contributed by atoms with Crippen LogP contribution < -0.4 is 11.3 Å². The van der Waals surface area contributed by atoms with Gasteiger partial charge < -0.3 is 0 Å². The van der Waals surface area contributed by atoms with Crippen molar-refractivity contribution in [3.63, 3.8) is 0 Å². The van der Waals surface area contributed by atoms with Gasteiger partial charge in [0, 0.05) is 17.8 Å². The summed E-state index contributed by atoms with van der Waals surface area (Å²) in [6.45, 7) is 1.92. The highest BCUT2D eigenvalue weighted by atomic mass is 35.5. The van der Waals surface area contributed by atoms with Crippen molar-refractivity contribution in [1.29, 1.82) is 0 Å². The fourth-order valence-corrected chi connectivity index (χ4v) is 1.09. The summed E-state index contributed by atoms with van der Waals surface area (Å²) in [5.41, 5.74) is 3.51. The molecule has 0 aliphatic rings. The Morgan fingerprint density at radius 1 is 1.73 bits per heavy atom. The molecule has 1 unspecified atom stereocenters. The van der Waals surface area contributed by atoms with Crippen molar-refractivity contribution < 1.29 is 0 Å². The minimum Gasteiger partial charge on any atom is -0.271 e. The highest BCUT2D eigenvalue weighted by Crippen LogP contribution is 2.18. The van der Waals surface area contributed by atoms with Crippen LogP contribution in [0.25, 0.3) is 0 Å². The van der Waals surface area contributed by atoms with E-state index in [1.54, 1.807) is 6.20 Å². The number of nitrogens with two attached hydrogens (primary N) is 1. The molecule has 1 atom stereocenters. The zero-order chi connectivity index (χ0) is 8.27. The van der Waals surface area contributed by atoms with E-state index in [2.05, 4.69) is 10.4 Å². The van der Waals surface area contributed by atoms with Gasteiger partial charge in [0.05, 0.1) is 0 Å². The lowest BCUT2D eigenvalue weighted by molar-refractivity contribution is 0.600. The normalized spacial score (nSPS) is 13.0. The number of halogens is 1. The third kappa shape index (κ3) is 1.89. The van der Waals surface area contributed by atoms with Crippen molar-refractivity contribution in [2.45, 2.75) is 13.0 Å². The van der Waals surface area contributed by atoms with Gasteiger partial charge in [-0.15, -0.1) is 0 Å². The molecule has 1 heterocycles. The number of nitrogens with zero attached hydrogens (tertiary/aromatic N) is 1. The van der Waals surface area contributed by atoms with E-state index in [0.717, 1.165) is 5.56 Å². The van der Waals surface area contributed by atoms with Crippen molar-refractivity contribution >= 4 is 11.6 Å². The molecule has 0 spiro atoms. The lowest BCUT2D eigenvalue weighted by Crippen LogP contribution is -2.25. The van der Waals surface area contributed by atoms with E-state index in [4.69, 9.17) is 17.4 Å². The van der Waals surface area contributed by atoms with Crippen LogP contribution in [-0.4, -0.2) is 4.98 Å². The maximum Gasteiger partial charge on any atom is 0.133 e. The zero-order valence-corrected chi connectivity index (χ0v) is 6.97. The van der Waals surface area contributed by atoms with Gasteiger partial charge in [0.1, 0.15) is 5.15 Å². The molecule has 60 valence electrons. The first-order chi connectivity index (χ1) is 5.25. The second-order valence-corrected chi connectivity index (χ2v) is 2.63. The van der Waals surface area contributed by atoms with E-state index in [9.17, 15) is 0 Å². The van der Waals surface area contributed by atoms with E-state index in [1.165, 1.54) is 0 Å². The molecule has 4 heteroatoms. The molecule has 1 aromatic rings. The van der Waals surface area contributed by atoms with Crippen LogP contribution in [-0.2, 0) is 0 Å². The third-order valence-corrected chi connectivity index (χ3v) is 1.82. The molecule has 3 N–H and O–H groups in total. The number of hydrogen-bond acceptors (Lipinski definition) is 3. The van der Waals surface area contributed by atoms with Crippen LogP contribution >= 0.6 is 11.6 Å². The van der Waals surface area contributed by atoms with Crippen LogP contribution in [0.1, 0.15) is 18.5 Å². The summed E-state index contributed by atoms with van der Waals surface area (Å²) in [6, 6.07) is 3.76. The van der Waals surface area contributed by atoms with Crippen LogP contribution in [0.2, 0.25) is 5.15 Å². The summed E-state index contributed by atoms with van der Waals surface area (Å²) in [6.07, 6.45) is 1.65. The summed E-state index contributed by atoms with van der Waals surface area (Å²) in [4.78, 5) is 3.92. The lowest BCUT2D eigenvalue weighted by Gasteiger charge is -2.10. The highest BCUT2D eigenvalue weighted by molar-refractivity contribution is 6.30. The molecule has 3 nitrogen and oxygen atoms in total. The Balaban J connectivity index is 2.93. The number of hydrogen-bond donors (Lipinski definition) is 2. The molecule has 1 rings (SSSR count). The predicted molar refractivity (Wildman–Crippen MR) is 45.0 cm³/mol. The number of hydrazine groups is 1. The molecule has 0 aliphatic heterocycles. The lowest BCUT2D eigenvalue weighted by atomic mass is 10.1. The van der Waals surface area contributed by atoms with Crippen molar-refractivity contribution in [3.05, 3.63) is 29.0 Å². The first kappa shape index (κ1) is 8.46.